The van der Waals surface area contributed by atoms with Crippen LogP contribution in [0.1, 0.15) is 0 Å². The summed E-state index contributed by atoms with van der Waals surface area (Å²) in [5.41, 5.74) is 16.9. The van der Waals surface area contributed by atoms with Gasteiger partial charge in [0.15, 0.2) is 11.6 Å². The van der Waals surface area contributed by atoms with E-state index < -0.39 is 0 Å². The average Bonchev–Trinajstić information content (AvgIpc) is 1.42. The van der Waals surface area contributed by atoms with E-state index in [1.54, 1.807) is 0 Å². The number of hydrogen-bond acceptors (Lipinski definition) is 8. The van der Waals surface area contributed by atoms with Crippen molar-refractivity contribution in [2.75, 3.05) is 0 Å². The number of aromatic nitrogens is 14. The van der Waals surface area contributed by atoms with Gasteiger partial charge in [-0.1, -0.05) is 158 Å². The highest BCUT2D eigenvalue weighted by Gasteiger charge is 2.38. The van der Waals surface area contributed by atoms with E-state index in [1.807, 2.05) is 68.0 Å². The lowest BCUT2D eigenvalue weighted by atomic mass is 9.99. The van der Waals surface area contributed by atoms with Crippen molar-refractivity contribution in [3.05, 3.63) is 292 Å². The van der Waals surface area contributed by atoms with E-state index in [2.05, 4.69) is 252 Å². The molecule has 0 saturated carbocycles. The van der Waals surface area contributed by atoms with Crippen LogP contribution >= 0.6 is 0 Å². The van der Waals surface area contributed by atoms with Gasteiger partial charge in [-0.2, -0.15) is 9.97 Å². The minimum atomic E-state index is 0.413. The molecule has 0 aliphatic carbocycles. The molecule has 0 aliphatic rings. The van der Waals surface area contributed by atoms with Crippen LogP contribution in [-0.4, -0.2) is 67.3 Å². The SMILES string of the molecule is c1ccc(-c2nc(-c3c(-n4c5ccccc5c5cnccc54)c(-n4c5ccccc5c5cnccc54)c(-n4c5ccccc5c5cnccc54)c(-n4c5ccccc5c5cnccc54)c3-n3c4ccccc4c4cnccc43)nc(-n3c4ccccc4c4ccccc43)n2)cc1. The molecule has 446 valence electrons. The Kier molecular flexibility index (Phi) is 10.9. The maximum atomic E-state index is 6.16. The normalized spacial score (nSPS) is 12.2. The Morgan fingerprint density at radius 2 is 0.427 bits per heavy atom. The molecule has 0 unspecified atom stereocenters. The second-order valence-corrected chi connectivity index (χ2v) is 24.4. The van der Waals surface area contributed by atoms with E-state index in [4.69, 9.17) is 39.9 Å². The number of fused-ring (bicyclic) bond motifs is 18. The number of benzene rings is 9. The predicted molar refractivity (Wildman–Crippen MR) is 386 cm³/mol. The fraction of sp³-hybridized carbons (Fsp3) is 0. The molecular weight excluding hydrogens is 1180 g/mol. The minimum Gasteiger partial charge on any atom is -0.306 e. The molecule has 21 rings (SSSR count). The zero-order valence-electron chi connectivity index (χ0n) is 51.0. The quantitative estimate of drug-likeness (QED) is 0.147. The van der Waals surface area contributed by atoms with Crippen molar-refractivity contribution < 1.29 is 0 Å². The van der Waals surface area contributed by atoms with Gasteiger partial charge in [0.1, 0.15) is 0 Å². The zero-order chi connectivity index (χ0) is 62.7. The van der Waals surface area contributed by atoms with E-state index in [-0.39, 0.29) is 0 Å². The second kappa shape index (κ2) is 20.0. The smallest absolute Gasteiger partial charge is 0.238 e. The molecule has 12 aromatic heterocycles. The van der Waals surface area contributed by atoms with Gasteiger partial charge >= 0.3 is 0 Å². The lowest BCUT2D eigenvalue weighted by molar-refractivity contribution is 0.943. The average molecular weight is 1230 g/mol. The Hall–Kier alpha value is -13.5. The largest absolute Gasteiger partial charge is 0.306 e. The summed E-state index contributed by atoms with van der Waals surface area (Å²) in [6, 6.07) is 81.7. The Balaban J connectivity index is 1.14. The Bertz CT molecular complexity index is 6290. The summed E-state index contributed by atoms with van der Waals surface area (Å²) < 4.78 is 14.6. The summed E-state index contributed by atoms with van der Waals surface area (Å²) >= 11 is 0. The maximum absolute atomic E-state index is 6.16. The molecule has 14 heteroatoms. The van der Waals surface area contributed by atoms with Crippen LogP contribution in [0.5, 0.6) is 0 Å². The lowest BCUT2D eigenvalue weighted by Crippen LogP contribution is -2.19. The van der Waals surface area contributed by atoms with Crippen molar-refractivity contribution in [2.45, 2.75) is 0 Å². The van der Waals surface area contributed by atoms with E-state index in [0.717, 1.165) is 165 Å². The van der Waals surface area contributed by atoms with Crippen molar-refractivity contribution in [1.82, 2.24) is 67.3 Å². The summed E-state index contributed by atoms with van der Waals surface area (Å²) in [6.45, 7) is 0. The molecule has 0 fully saturated rings. The van der Waals surface area contributed by atoms with Gasteiger partial charge in [0.05, 0.1) is 100 Å². The molecule has 0 radical (unpaired) electrons. The summed E-state index contributed by atoms with van der Waals surface area (Å²) in [5, 5.41) is 12.2. The van der Waals surface area contributed by atoms with Crippen molar-refractivity contribution in [1.29, 1.82) is 0 Å². The van der Waals surface area contributed by atoms with Crippen LogP contribution in [-0.2, 0) is 0 Å². The monoisotopic (exact) mass is 1230 g/mol. The number of nitrogens with zero attached hydrogens (tertiary/aromatic N) is 14. The molecule has 12 heterocycles. The predicted octanol–water partition coefficient (Wildman–Crippen LogP) is 18.8. The molecule has 0 saturated heterocycles. The van der Waals surface area contributed by atoms with Crippen LogP contribution in [0, 0.1) is 0 Å². The molecule has 0 spiro atoms. The fourth-order valence-corrected chi connectivity index (χ4v) is 15.7. The highest BCUT2D eigenvalue weighted by atomic mass is 15.2. The van der Waals surface area contributed by atoms with E-state index >= 15 is 0 Å². The summed E-state index contributed by atoms with van der Waals surface area (Å²) in [7, 11) is 0. The first kappa shape index (κ1) is 52.2. The van der Waals surface area contributed by atoms with Crippen LogP contribution in [0.4, 0.5) is 0 Å². The third-order valence-corrected chi connectivity index (χ3v) is 19.5. The third kappa shape index (κ3) is 7.17. The number of rotatable bonds is 8. The topological polar surface area (TPSA) is 133 Å². The van der Waals surface area contributed by atoms with Gasteiger partial charge in [0, 0.05) is 132 Å². The molecular formula is C82H48N14. The summed E-state index contributed by atoms with van der Waals surface area (Å²) in [4.78, 5) is 42.4. The fourth-order valence-electron chi connectivity index (χ4n) is 15.7. The molecule has 96 heavy (non-hydrogen) atoms. The van der Waals surface area contributed by atoms with E-state index in [9.17, 15) is 0 Å². The first-order valence-corrected chi connectivity index (χ1v) is 32.0. The van der Waals surface area contributed by atoms with Crippen molar-refractivity contribution in [3.63, 3.8) is 0 Å². The molecule has 0 amide bonds. The van der Waals surface area contributed by atoms with E-state index in [1.165, 1.54) is 0 Å². The van der Waals surface area contributed by atoms with Crippen LogP contribution in [0.15, 0.2) is 292 Å². The number of pyridine rings is 5. The van der Waals surface area contributed by atoms with Gasteiger partial charge in [-0.15, -0.1) is 0 Å². The standard InChI is InChI=1S/C82H48N14/c1-2-18-49(19-3-1)80-88-81(90-82(89-80)96-67-32-16-4-20-50(67)51-21-5-17-33-68(51)96)74-75(91-62-27-11-6-22-52(62)57-44-83-39-34-69(57)91)77(93-64-29-13-8-24-54(64)59-46-85-41-36-71(59)93)79(95-66-31-15-10-26-56(66)61-48-87-43-38-73(61)95)78(94-65-30-14-9-25-55(65)60-47-86-42-37-72(60)94)76(74)92-63-28-12-7-23-53(63)58-45-84-40-35-70(58)92/h1-48H. The Morgan fingerprint density at radius 3 is 0.750 bits per heavy atom. The minimum absolute atomic E-state index is 0.413. The molecule has 0 atom stereocenters. The van der Waals surface area contributed by atoms with Gasteiger partial charge in [0.25, 0.3) is 0 Å². The summed E-state index contributed by atoms with van der Waals surface area (Å²) in [6.07, 6.45) is 19.6. The molecule has 0 aliphatic heterocycles. The van der Waals surface area contributed by atoms with Gasteiger partial charge in [-0.25, -0.2) is 4.98 Å². The molecule has 14 nitrogen and oxygen atoms in total. The summed E-state index contributed by atoms with van der Waals surface area (Å²) in [5.74, 6) is 1.34. The number of para-hydroxylation sites is 7. The number of hydrogen-bond donors (Lipinski definition) is 0. The first-order valence-electron chi connectivity index (χ1n) is 32.0. The maximum Gasteiger partial charge on any atom is 0.238 e. The van der Waals surface area contributed by atoms with Crippen molar-refractivity contribution in [2.24, 2.45) is 0 Å². The molecule has 0 bridgehead atoms. The Labute approximate surface area is 544 Å². The lowest BCUT2D eigenvalue weighted by Gasteiger charge is -2.31. The molecule has 0 N–H and O–H groups in total. The van der Waals surface area contributed by atoms with Crippen LogP contribution < -0.4 is 0 Å². The van der Waals surface area contributed by atoms with Crippen LogP contribution in [0.3, 0.4) is 0 Å². The molecule has 9 aromatic carbocycles. The van der Waals surface area contributed by atoms with Gasteiger partial charge in [0.2, 0.25) is 5.95 Å². The van der Waals surface area contributed by atoms with Crippen LogP contribution in [0.2, 0.25) is 0 Å². The van der Waals surface area contributed by atoms with Crippen LogP contribution in [0.25, 0.3) is 188 Å². The van der Waals surface area contributed by atoms with Gasteiger partial charge < -0.3 is 22.8 Å². The highest BCUT2D eigenvalue weighted by molar-refractivity contribution is 6.19. The van der Waals surface area contributed by atoms with Crippen molar-refractivity contribution in [3.8, 4) is 57.2 Å². The highest BCUT2D eigenvalue weighted by Crippen LogP contribution is 2.54. The zero-order valence-corrected chi connectivity index (χ0v) is 51.0. The molecule has 21 aromatic rings. The second-order valence-electron chi connectivity index (χ2n) is 24.4. The van der Waals surface area contributed by atoms with Crippen molar-refractivity contribution >= 4 is 131 Å². The Morgan fingerprint density at radius 1 is 0.188 bits per heavy atom. The van der Waals surface area contributed by atoms with Gasteiger partial charge in [-0.3, -0.25) is 29.5 Å². The van der Waals surface area contributed by atoms with Gasteiger partial charge in [-0.05, 0) is 72.8 Å². The third-order valence-electron chi connectivity index (χ3n) is 19.5. The first-order chi connectivity index (χ1) is 47.7. The van der Waals surface area contributed by atoms with E-state index in [0.29, 0.717) is 23.2 Å².